The Hall–Kier alpha value is -1.42. The van der Waals surface area contributed by atoms with Crippen molar-refractivity contribution in [2.24, 2.45) is 0 Å². The Kier molecular flexibility index (Phi) is 3.19. The molecule has 0 aliphatic rings. The Morgan fingerprint density at radius 3 is 2.81 bits per heavy atom. The summed E-state index contributed by atoms with van der Waals surface area (Å²) in [4.78, 5) is 4.37. The summed E-state index contributed by atoms with van der Waals surface area (Å²) in [6, 6.07) is 4.03. The Balaban J connectivity index is 2.34. The molecule has 0 saturated carbocycles. The number of hydrogen-bond donors (Lipinski definition) is 0. The fraction of sp³-hybridized carbons (Fsp3) is 0.364. The molecule has 0 aliphatic heterocycles. The van der Waals surface area contributed by atoms with Gasteiger partial charge < -0.3 is 0 Å². The van der Waals surface area contributed by atoms with E-state index in [4.69, 9.17) is 11.6 Å². The molecule has 0 bridgehead atoms. The molecule has 0 N–H and O–H groups in total. The zero-order valence-electron chi connectivity index (χ0n) is 9.31. The van der Waals surface area contributed by atoms with Crippen molar-refractivity contribution in [2.45, 2.75) is 26.8 Å². The van der Waals surface area contributed by atoms with Gasteiger partial charge in [-0.3, -0.25) is 9.55 Å². The van der Waals surface area contributed by atoms with Crippen molar-refractivity contribution in [3.05, 3.63) is 40.7 Å². The van der Waals surface area contributed by atoms with E-state index < -0.39 is 0 Å². The molecule has 0 fully saturated rings. The average molecular weight is 237 g/mol. The number of hydrogen-bond acceptors (Lipinski definition) is 3. The predicted molar refractivity (Wildman–Crippen MR) is 62.5 cm³/mol. The van der Waals surface area contributed by atoms with Gasteiger partial charge in [0, 0.05) is 6.20 Å². The average Bonchev–Trinajstić information content (AvgIpc) is 2.61. The van der Waals surface area contributed by atoms with E-state index in [1.54, 1.807) is 6.20 Å². The lowest BCUT2D eigenvalue weighted by Gasteiger charge is -2.08. The fourth-order valence-electron chi connectivity index (χ4n) is 1.62. The maximum Gasteiger partial charge on any atom is 0.225 e. The van der Waals surface area contributed by atoms with Crippen LogP contribution in [0, 0.1) is 6.92 Å². The van der Waals surface area contributed by atoms with Gasteiger partial charge in [0.1, 0.15) is 5.82 Å². The molecule has 0 saturated heterocycles. The summed E-state index contributed by atoms with van der Waals surface area (Å²) in [6.07, 6.45) is 2.75. The zero-order valence-corrected chi connectivity index (χ0v) is 10.1. The number of aromatic nitrogens is 4. The van der Waals surface area contributed by atoms with Gasteiger partial charge in [-0.1, -0.05) is 13.0 Å². The minimum atomic E-state index is 0.408. The van der Waals surface area contributed by atoms with Gasteiger partial charge in [-0.2, -0.15) is 0 Å². The summed E-state index contributed by atoms with van der Waals surface area (Å²) in [5.74, 6) is 0.803. The van der Waals surface area contributed by atoms with Crippen molar-refractivity contribution in [3.63, 3.8) is 0 Å². The van der Waals surface area contributed by atoms with Crippen LogP contribution in [0.15, 0.2) is 18.3 Å². The van der Waals surface area contributed by atoms with Crippen molar-refractivity contribution in [2.75, 3.05) is 0 Å². The van der Waals surface area contributed by atoms with Gasteiger partial charge in [-0.15, -0.1) is 10.2 Å². The first-order valence-corrected chi connectivity index (χ1v) is 5.58. The molecular formula is C11H13ClN4. The first-order valence-electron chi connectivity index (χ1n) is 5.20. The second-order valence-electron chi connectivity index (χ2n) is 3.57. The smallest absolute Gasteiger partial charge is 0.225 e. The molecule has 5 heteroatoms. The van der Waals surface area contributed by atoms with E-state index in [0.717, 1.165) is 17.9 Å². The van der Waals surface area contributed by atoms with Gasteiger partial charge in [-0.05, 0) is 36.6 Å². The van der Waals surface area contributed by atoms with E-state index in [2.05, 4.69) is 28.2 Å². The van der Waals surface area contributed by atoms with Gasteiger partial charge >= 0.3 is 0 Å². The minimum absolute atomic E-state index is 0.408. The summed E-state index contributed by atoms with van der Waals surface area (Å²) < 4.78 is 1.85. The van der Waals surface area contributed by atoms with Crippen molar-refractivity contribution >= 4 is 11.6 Å². The topological polar surface area (TPSA) is 43.6 Å². The highest BCUT2D eigenvalue weighted by molar-refractivity contribution is 6.28. The number of aryl methyl sites for hydroxylation is 2. The molecule has 0 aliphatic carbocycles. The van der Waals surface area contributed by atoms with Gasteiger partial charge in [0.15, 0.2) is 0 Å². The molecule has 2 heterocycles. The number of pyridine rings is 1. The van der Waals surface area contributed by atoms with Crippen molar-refractivity contribution in [1.82, 2.24) is 19.7 Å². The van der Waals surface area contributed by atoms with E-state index in [1.807, 2.05) is 17.6 Å². The maximum absolute atomic E-state index is 5.95. The lowest BCUT2D eigenvalue weighted by Crippen LogP contribution is -2.06. The van der Waals surface area contributed by atoms with Crippen molar-refractivity contribution < 1.29 is 0 Å². The third-order valence-corrected chi connectivity index (χ3v) is 2.84. The minimum Gasteiger partial charge on any atom is -0.296 e. The zero-order chi connectivity index (χ0) is 11.5. The third-order valence-electron chi connectivity index (χ3n) is 2.56. The van der Waals surface area contributed by atoms with E-state index in [-0.39, 0.29) is 0 Å². The Morgan fingerprint density at radius 2 is 2.19 bits per heavy atom. The van der Waals surface area contributed by atoms with Crippen LogP contribution >= 0.6 is 11.6 Å². The molecule has 0 unspecified atom stereocenters. The van der Waals surface area contributed by atoms with Crippen LogP contribution in [-0.4, -0.2) is 19.7 Å². The first kappa shape index (κ1) is 11.1. The van der Waals surface area contributed by atoms with Gasteiger partial charge in [-0.25, -0.2) is 0 Å². The summed E-state index contributed by atoms with van der Waals surface area (Å²) in [6.45, 7) is 4.62. The Labute approximate surface area is 99.3 Å². The molecule has 4 nitrogen and oxygen atoms in total. The monoisotopic (exact) mass is 236 g/mol. The van der Waals surface area contributed by atoms with Crippen LogP contribution in [0.5, 0.6) is 0 Å². The lowest BCUT2D eigenvalue weighted by molar-refractivity contribution is 0.732. The Bertz CT molecular complexity index is 473. The third kappa shape index (κ3) is 2.07. The second-order valence-corrected chi connectivity index (χ2v) is 3.90. The van der Waals surface area contributed by atoms with Crippen molar-refractivity contribution in [3.8, 4) is 0 Å². The molecule has 0 atom stereocenters. The number of nitrogens with zero attached hydrogens (tertiary/aromatic N) is 4. The van der Waals surface area contributed by atoms with Crippen LogP contribution in [0.4, 0.5) is 0 Å². The molecule has 84 valence electrons. The Morgan fingerprint density at radius 1 is 1.38 bits per heavy atom. The van der Waals surface area contributed by atoms with E-state index in [0.29, 0.717) is 11.8 Å². The number of rotatable bonds is 3. The molecule has 2 aromatic rings. The predicted octanol–water partition coefficient (Wildman–Crippen LogP) is 2.25. The molecule has 0 radical (unpaired) electrons. The number of halogens is 1. The molecular weight excluding hydrogens is 224 g/mol. The summed E-state index contributed by atoms with van der Waals surface area (Å²) >= 11 is 5.95. The van der Waals surface area contributed by atoms with E-state index >= 15 is 0 Å². The van der Waals surface area contributed by atoms with Crippen LogP contribution in [0.1, 0.15) is 24.0 Å². The standard InChI is InChI=1S/C11H13ClN4/c1-3-9-5-4-6-13-10(9)7-16-8(2)14-15-11(16)12/h4-6H,3,7H2,1-2H3. The molecule has 16 heavy (non-hydrogen) atoms. The summed E-state index contributed by atoms with van der Waals surface area (Å²) in [5.41, 5.74) is 2.25. The van der Waals surface area contributed by atoms with E-state index in [1.165, 1.54) is 5.56 Å². The van der Waals surface area contributed by atoms with Gasteiger partial charge in [0.2, 0.25) is 5.28 Å². The van der Waals surface area contributed by atoms with Crippen LogP contribution < -0.4 is 0 Å². The normalized spacial score (nSPS) is 10.7. The molecule has 0 aromatic carbocycles. The van der Waals surface area contributed by atoms with Gasteiger partial charge in [0.25, 0.3) is 0 Å². The molecule has 0 spiro atoms. The van der Waals surface area contributed by atoms with Crippen molar-refractivity contribution in [1.29, 1.82) is 0 Å². The van der Waals surface area contributed by atoms with Crippen LogP contribution in [0.3, 0.4) is 0 Å². The molecule has 2 aromatic heterocycles. The lowest BCUT2D eigenvalue weighted by atomic mass is 10.1. The molecule has 2 rings (SSSR count). The van der Waals surface area contributed by atoms with Crippen LogP contribution in [0.25, 0.3) is 0 Å². The second kappa shape index (κ2) is 4.61. The highest BCUT2D eigenvalue weighted by Crippen LogP contribution is 2.13. The van der Waals surface area contributed by atoms with Crippen LogP contribution in [-0.2, 0) is 13.0 Å². The SMILES string of the molecule is CCc1cccnc1Cn1c(C)nnc1Cl. The fourth-order valence-corrected chi connectivity index (χ4v) is 1.84. The highest BCUT2D eigenvalue weighted by Gasteiger charge is 2.09. The van der Waals surface area contributed by atoms with Crippen LogP contribution in [0.2, 0.25) is 5.28 Å². The highest BCUT2D eigenvalue weighted by atomic mass is 35.5. The largest absolute Gasteiger partial charge is 0.296 e. The first-order chi connectivity index (χ1) is 7.72. The quantitative estimate of drug-likeness (QED) is 0.821. The maximum atomic E-state index is 5.95. The molecule has 0 amide bonds. The van der Waals surface area contributed by atoms with Gasteiger partial charge in [0.05, 0.1) is 12.2 Å². The van der Waals surface area contributed by atoms with E-state index in [9.17, 15) is 0 Å². The summed E-state index contributed by atoms with van der Waals surface area (Å²) in [5, 5.41) is 8.15. The summed E-state index contributed by atoms with van der Waals surface area (Å²) in [7, 11) is 0.